The fourth-order valence-corrected chi connectivity index (χ4v) is 2.37. The maximum absolute atomic E-state index is 11.3. The molecule has 0 saturated heterocycles. The van der Waals surface area contributed by atoms with Gasteiger partial charge in [-0.1, -0.05) is 18.2 Å². The average molecular weight is 281 g/mol. The van der Waals surface area contributed by atoms with Gasteiger partial charge in [0.2, 0.25) is 0 Å². The topological polar surface area (TPSA) is 60.0 Å². The van der Waals surface area contributed by atoms with Crippen molar-refractivity contribution in [2.45, 2.75) is 13.5 Å². The van der Waals surface area contributed by atoms with Gasteiger partial charge in [-0.25, -0.2) is 9.48 Å². The number of carbonyl (C=O) groups is 1. The van der Waals surface area contributed by atoms with Crippen molar-refractivity contribution in [1.29, 1.82) is 0 Å². The van der Waals surface area contributed by atoms with Crippen LogP contribution in [0.1, 0.15) is 21.6 Å². The molecule has 1 N–H and O–H groups in total. The Morgan fingerprint density at radius 3 is 2.71 bits per heavy atom. The first-order valence-electron chi connectivity index (χ1n) is 6.63. The minimum atomic E-state index is -0.909. The molecular formula is C16H15N3O2. The van der Waals surface area contributed by atoms with Gasteiger partial charge in [-0.2, -0.15) is 5.10 Å². The molecule has 0 aliphatic rings. The van der Waals surface area contributed by atoms with Gasteiger partial charge in [0.25, 0.3) is 0 Å². The van der Waals surface area contributed by atoms with E-state index in [1.54, 1.807) is 28.6 Å². The molecule has 0 atom stereocenters. The van der Waals surface area contributed by atoms with Crippen LogP contribution in [-0.2, 0) is 6.54 Å². The lowest BCUT2D eigenvalue weighted by molar-refractivity contribution is 0.0685. The van der Waals surface area contributed by atoms with Crippen LogP contribution in [0.2, 0.25) is 0 Å². The minimum Gasteiger partial charge on any atom is -0.477 e. The van der Waals surface area contributed by atoms with Gasteiger partial charge in [0.05, 0.1) is 18.4 Å². The van der Waals surface area contributed by atoms with Gasteiger partial charge in [-0.3, -0.25) is 0 Å². The first-order chi connectivity index (χ1) is 10.1. The minimum absolute atomic E-state index is 0.322. The van der Waals surface area contributed by atoms with Crippen LogP contribution in [0.3, 0.4) is 0 Å². The maximum Gasteiger partial charge on any atom is 0.352 e. The van der Waals surface area contributed by atoms with Crippen LogP contribution in [0.4, 0.5) is 0 Å². The van der Waals surface area contributed by atoms with Crippen molar-refractivity contribution in [2.24, 2.45) is 0 Å². The number of aromatic carboxylic acids is 1. The van der Waals surface area contributed by atoms with Gasteiger partial charge in [0.1, 0.15) is 5.69 Å². The summed E-state index contributed by atoms with van der Waals surface area (Å²) in [6, 6.07) is 11.6. The van der Waals surface area contributed by atoms with Gasteiger partial charge in [-0.05, 0) is 30.7 Å². The Labute approximate surface area is 122 Å². The number of hydrogen-bond acceptors (Lipinski definition) is 2. The zero-order chi connectivity index (χ0) is 14.8. The van der Waals surface area contributed by atoms with Crippen molar-refractivity contribution in [1.82, 2.24) is 14.3 Å². The predicted octanol–water partition coefficient (Wildman–Crippen LogP) is 2.73. The van der Waals surface area contributed by atoms with E-state index in [1.807, 2.05) is 42.6 Å². The van der Waals surface area contributed by atoms with Crippen molar-refractivity contribution < 1.29 is 9.90 Å². The molecule has 0 bridgehead atoms. The highest BCUT2D eigenvalue weighted by atomic mass is 16.4. The molecule has 0 amide bonds. The fraction of sp³-hybridized carbons (Fsp3) is 0.125. The van der Waals surface area contributed by atoms with Crippen LogP contribution in [0.25, 0.3) is 5.69 Å². The van der Waals surface area contributed by atoms with E-state index in [0.29, 0.717) is 12.2 Å². The van der Waals surface area contributed by atoms with Crippen LogP contribution in [-0.4, -0.2) is 25.4 Å². The Hall–Kier alpha value is -2.82. The summed E-state index contributed by atoms with van der Waals surface area (Å²) >= 11 is 0. The Kier molecular flexibility index (Phi) is 3.31. The summed E-state index contributed by atoms with van der Waals surface area (Å²) in [5.74, 6) is -0.909. The number of nitrogens with zero attached hydrogens (tertiary/aromatic N) is 3. The molecule has 3 aromatic rings. The predicted molar refractivity (Wildman–Crippen MR) is 78.8 cm³/mol. The summed E-state index contributed by atoms with van der Waals surface area (Å²) in [7, 11) is 0. The van der Waals surface area contributed by atoms with Gasteiger partial charge in [0.15, 0.2) is 0 Å². The summed E-state index contributed by atoms with van der Waals surface area (Å²) in [4.78, 5) is 11.3. The van der Waals surface area contributed by atoms with Gasteiger partial charge in [0, 0.05) is 18.0 Å². The van der Waals surface area contributed by atoms with Gasteiger partial charge < -0.3 is 9.67 Å². The molecule has 0 saturated carbocycles. The van der Waals surface area contributed by atoms with Crippen LogP contribution in [0.5, 0.6) is 0 Å². The summed E-state index contributed by atoms with van der Waals surface area (Å²) in [6.07, 6.45) is 5.46. The number of aromatic nitrogens is 3. The third kappa shape index (κ3) is 2.58. The molecule has 0 radical (unpaired) electrons. The number of carboxylic acids is 1. The highest BCUT2D eigenvalue weighted by molar-refractivity contribution is 5.87. The first-order valence-corrected chi connectivity index (χ1v) is 6.63. The molecular weight excluding hydrogens is 266 g/mol. The lowest BCUT2D eigenvalue weighted by atomic mass is 10.2. The van der Waals surface area contributed by atoms with E-state index in [1.165, 1.54) is 0 Å². The largest absolute Gasteiger partial charge is 0.477 e. The zero-order valence-corrected chi connectivity index (χ0v) is 11.6. The molecule has 5 nitrogen and oxygen atoms in total. The lowest BCUT2D eigenvalue weighted by Crippen LogP contribution is -2.09. The maximum atomic E-state index is 11.3. The highest BCUT2D eigenvalue weighted by Gasteiger charge is 2.13. The Balaban J connectivity index is 1.87. The van der Waals surface area contributed by atoms with Crippen LogP contribution in [0, 0.1) is 6.92 Å². The summed E-state index contributed by atoms with van der Waals surface area (Å²) in [5.41, 5.74) is 3.02. The van der Waals surface area contributed by atoms with E-state index < -0.39 is 5.97 Å². The fourth-order valence-electron chi connectivity index (χ4n) is 2.37. The smallest absolute Gasteiger partial charge is 0.352 e. The van der Waals surface area contributed by atoms with E-state index in [0.717, 1.165) is 16.8 Å². The van der Waals surface area contributed by atoms with E-state index in [9.17, 15) is 9.90 Å². The standard InChI is InChI=1S/C16H15N3O2/c1-12-7-8-18(15(12)16(20)21)10-13-9-17-19(11-13)14-5-3-2-4-6-14/h2-9,11H,10H2,1H3,(H,20,21). The number of aryl methyl sites for hydroxylation is 1. The quantitative estimate of drug-likeness (QED) is 0.800. The summed E-state index contributed by atoms with van der Waals surface area (Å²) in [6.45, 7) is 2.29. The molecule has 0 aliphatic heterocycles. The second-order valence-electron chi connectivity index (χ2n) is 4.91. The van der Waals surface area contributed by atoms with E-state index in [2.05, 4.69) is 5.10 Å². The molecule has 5 heteroatoms. The third-order valence-electron chi connectivity index (χ3n) is 3.38. The highest BCUT2D eigenvalue weighted by Crippen LogP contribution is 2.14. The van der Waals surface area contributed by atoms with Crippen molar-refractivity contribution in [3.05, 3.63) is 71.8 Å². The third-order valence-corrected chi connectivity index (χ3v) is 3.38. The van der Waals surface area contributed by atoms with Crippen molar-refractivity contribution in [3.63, 3.8) is 0 Å². The Morgan fingerprint density at radius 2 is 2.00 bits per heavy atom. The monoisotopic (exact) mass is 281 g/mol. The summed E-state index contributed by atoms with van der Waals surface area (Å²) in [5, 5.41) is 13.6. The van der Waals surface area contributed by atoms with Crippen molar-refractivity contribution in [2.75, 3.05) is 0 Å². The molecule has 21 heavy (non-hydrogen) atoms. The second-order valence-corrected chi connectivity index (χ2v) is 4.91. The number of hydrogen-bond donors (Lipinski definition) is 1. The van der Waals surface area contributed by atoms with Crippen molar-refractivity contribution >= 4 is 5.97 Å². The average Bonchev–Trinajstić information content (AvgIpc) is 3.07. The first kappa shape index (κ1) is 13.2. The second kappa shape index (κ2) is 5.28. The molecule has 3 rings (SSSR count). The van der Waals surface area contributed by atoms with Crippen molar-refractivity contribution in [3.8, 4) is 5.69 Å². The van der Waals surface area contributed by atoms with Gasteiger partial charge in [-0.15, -0.1) is 0 Å². The van der Waals surface area contributed by atoms with Crippen LogP contribution < -0.4 is 0 Å². The van der Waals surface area contributed by atoms with E-state index >= 15 is 0 Å². The molecule has 0 unspecified atom stereocenters. The van der Waals surface area contributed by atoms with Crippen LogP contribution >= 0.6 is 0 Å². The molecule has 2 aromatic heterocycles. The normalized spacial score (nSPS) is 10.7. The SMILES string of the molecule is Cc1ccn(Cc2cnn(-c3ccccc3)c2)c1C(=O)O. The Bertz CT molecular complexity index is 772. The number of benzene rings is 1. The molecule has 0 fully saturated rings. The van der Waals surface area contributed by atoms with Gasteiger partial charge >= 0.3 is 5.97 Å². The Morgan fingerprint density at radius 1 is 1.24 bits per heavy atom. The number of rotatable bonds is 4. The molecule has 1 aromatic carbocycles. The summed E-state index contributed by atoms with van der Waals surface area (Å²) < 4.78 is 3.51. The van der Waals surface area contributed by atoms with E-state index in [4.69, 9.17) is 0 Å². The number of para-hydroxylation sites is 1. The zero-order valence-electron chi connectivity index (χ0n) is 11.6. The molecule has 106 valence electrons. The molecule has 0 aliphatic carbocycles. The lowest BCUT2D eigenvalue weighted by Gasteiger charge is -2.05. The van der Waals surface area contributed by atoms with Crippen LogP contribution in [0.15, 0.2) is 55.0 Å². The molecule has 0 spiro atoms. The number of carboxylic acid groups (broad SMARTS) is 1. The van der Waals surface area contributed by atoms with E-state index in [-0.39, 0.29) is 0 Å². The molecule has 2 heterocycles.